The normalized spacial score (nSPS) is 11.6. The molecule has 0 saturated carbocycles. The van der Waals surface area contributed by atoms with E-state index in [0.29, 0.717) is 12.1 Å². The van der Waals surface area contributed by atoms with Crippen molar-refractivity contribution in [2.75, 3.05) is 27.2 Å². The Hall–Kier alpha value is -3.72. The fraction of sp³-hybridized carbons (Fsp3) is 0.179. The number of sulfonamides is 1. The van der Waals surface area contributed by atoms with E-state index in [-0.39, 0.29) is 10.8 Å². The molecule has 0 aliphatic carbocycles. The molecular formula is C28H30N4O3S. The summed E-state index contributed by atoms with van der Waals surface area (Å²) in [7, 11) is 0.101. The molecule has 1 amide bonds. The van der Waals surface area contributed by atoms with Crippen LogP contribution in [0.1, 0.15) is 16.1 Å². The Morgan fingerprint density at radius 2 is 1.47 bits per heavy atom. The molecule has 4 aromatic rings. The summed E-state index contributed by atoms with van der Waals surface area (Å²) in [5, 5.41) is 8.26. The molecule has 0 aliphatic rings. The van der Waals surface area contributed by atoms with Gasteiger partial charge in [0.15, 0.2) is 0 Å². The molecule has 36 heavy (non-hydrogen) atoms. The van der Waals surface area contributed by atoms with Crippen molar-refractivity contribution in [3.63, 3.8) is 0 Å². The number of benzene rings is 3. The number of aromatic nitrogens is 1. The van der Waals surface area contributed by atoms with E-state index < -0.39 is 10.0 Å². The molecule has 186 valence electrons. The highest BCUT2D eigenvalue weighted by Gasteiger charge is 2.20. The summed E-state index contributed by atoms with van der Waals surface area (Å²) in [6, 6.07) is 26.5. The lowest BCUT2D eigenvalue weighted by Gasteiger charge is -2.14. The van der Waals surface area contributed by atoms with Gasteiger partial charge >= 0.3 is 0 Å². The quantitative estimate of drug-likeness (QED) is 0.380. The van der Waals surface area contributed by atoms with Gasteiger partial charge in [-0.05, 0) is 68.0 Å². The topological polar surface area (TPSA) is 97.4 Å². The first-order valence-electron chi connectivity index (χ1n) is 11.6. The molecule has 0 aliphatic heterocycles. The van der Waals surface area contributed by atoms with Crippen molar-refractivity contribution < 1.29 is 13.2 Å². The maximum absolute atomic E-state index is 13.1. The lowest BCUT2D eigenvalue weighted by atomic mass is 10.0. The third-order valence-corrected chi connectivity index (χ3v) is 6.98. The number of hydrogen-bond acceptors (Lipinski definition) is 4. The average molecular weight is 503 g/mol. The number of primary sulfonamides is 1. The number of carbonyl (C=O) groups is 1. The van der Waals surface area contributed by atoms with Gasteiger partial charge in [-0.2, -0.15) is 0 Å². The zero-order valence-corrected chi connectivity index (χ0v) is 21.4. The summed E-state index contributed by atoms with van der Waals surface area (Å²) >= 11 is 0. The van der Waals surface area contributed by atoms with E-state index in [1.165, 1.54) is 12.1 Å². The summed E-state index contributed by atoms with van der Waals surface area (Å²) in [4.78, 5) is 15.1. The van der Waals surface area contributed by atoms with Crippen LogP contribution in [0.5, 0.6) is 0 Å². The maximum atomic E-state index is 13.1. The fourth-order valence-corrected chi connectivity index (χ4v) is 4.63. The van der Waals surface area contributed by atoms with Crippen LogP contribution < -0.4 is 10.5 Å². The van der Waals surface area contributed by atoms with Crippen LogP contribution in [0.3, 0.4) is 0 Å². The van der Waals surface area contributed by atoms with E-state index in [0.717, 1.165) is 40.3 Å². The molecule has 8 heteroatoms. The van der Waals surface area contributed by atoms with Gasteiger partial charge in [0.05, 0.1) is 16.2 Å². The van der Waals surface area contributed by atoms with Gasteiger partial charge in [-0.15, -0.1) is 0 Å². The second-order valence-electron chi connectivity index (χ2n) is 8.91. The highest BCUT2D eigenvalue weighted by Crippen LogP contribution is 2.31. The molecule has 0 atom stereocenters. The van der Waals surface area contributed by atoms with Crippen molar-refractivity contribution in [1.82, 2.24) is 14.8 Å². The predicted octanol–water partition coefficient (Wildman–Crippen LogP) is 4.06. The van der Waals surface area contributed by atoms with Gasteiger partial charge < -0.3 is 14.8 Å². The molecule has 1 aromatic heterocycles. The van der Waals surface area contributed by atoms with Crippen LogP contribution in [-0.4, -0.2) is 51.0 Å². The van der Waals surface area contributed by atoms with E-state index in [9.17, 15) is 13.2 Å². The Morgan fingerprint density at radius 3 is 2.06 bits per heavy atom. The molecule has 0 saturated heterocycles. The van der Waals surface area contributed by atoms with Crippen LogP contribution in [-0.2, 0) is 10.0 Å². The second-order valence-corrected chi connectivity index (χ2v) is 10.5. The van der Waals surface area contributed by atoms with Crippen molar-refractivity contribution in [3.8, 4) is 28.1 Å². The van der Waals surface area contributed by atoms with Gasteiger partial charge in [-0.3, -0.25) is 4.79 Å². The van der Waals surface area contributed by atoms with Crippen LogP contribution in [0, 0.1) is 6.92 Å². The Kier molecular flexibility index (Phi) is 7.40. The monoisotopic (exact) mass is 502 g/mol. The molecular weight excluding hydrogens is 472 g/mol. The average Bonchev–Trinajstić information content (AvgIpc) is 3.21. The van der Waals surface area contributed by atoms with Crippen molar-refractivity contribution in [2.24, 2.45) is 5.14 Å². The van der Waals surface area contributed by atoms with Gasteiger partial charge in [-0.1, -0.05) is 54.6 Å². The summed E-state index contributed by atoms with van der Waals surface area (Å²) < 4.78 is 25.4. The number of nitrogens with zero attached hydrogens (tertiary/aromatic N) is 2. The van der Waals surface area contributed by atoms with Gasteiger partial charge in [0.25, 0.3) is 5.91 Å². The molecule has 0 unspecified atom stereocenters. The fourth-order valence-electron chi connectivity index (χ4n) is 4.12. The molecule has 4 rings (SSSR count). The molecule has 7 nitrogen and oxygen atoms in total. The maximum Gasteiger partial charge on any atom is 0.253 e. The molecule has 0 spiro atoms. The number of likely N-dealkylation sites (N-methyl/N-ethyl adjacent to an activating group) is 1. The number of amides is 1. The first kappa shape index (κ1) is 25.4. The van der Waals surface area contributed by atoms with Gasteiger partial charge in [0.2, 0.25) is 10.0 Å². The summed E-state index contributed by atoms with van der Waals surface area (Å²) in [5.74, 6) is -0.156. The number of nitrogens with two attached hydrogens (primary N) is 1. The summed E-state index contributed by atoms with van der Waals surface area (Å²) in [5.41, 5.74) is 6.01. The van der Waals surface area contributed by atoms with Crippen LogP contribution >= 0.6 is 0 Å². The molecule has 0 bridgehead atoms. The Morgan fingerprint density at radius 1 is 0.889 bits per heavy atom. The Labute approximate surface area is 212 Å². The van der Waals surface area contributed by atoms with Crippen molar-refractivity contribution in [3.05, 3.63) is 96.2 Å². The highest BCUT2D eigenvalue weighted by atomic mass is 32.2. The van der Waals surface area contributed by atoms with Gasteiger partial charge in [0.1, 0.15) is 0 Å². The number of nitrogens with one attached hydrogen (secondary N) is 1. The largest absolute Gasteiger partial charge is 0.351 e. The van der Waals surface area contributed by atoms with Crippen molar-refractivity contribution >= 4 is 15.9 Å². The molecule has 3 aromatic carbocycles. The molecule has 0 fully saturated rings. The first-order valence-corrected chi connectivity index (χ1v) is 13.1. The smallest absolute Gasteiger partial charge is 0.253 e. The first-order chi connectivity index (χ1) is 17.1. The zero-order valence-electron chi connectivity index (χ0n) is 20.6. The van der Waals surface area contributed by atoms with E-state index in [2.05, 4.69) is 29.6 Å². The summed E-state index contributed by atoms with van der Waals surface area (Å²) in [6.45, 7) is 3.14. The van der Waals surface area contributed by atoms with Crippen molar-refractivity contribution in [1.29, 1.82) is 0 Å². The third-order valence-electron chi connectivity index (χ3n) is 6.05. The second kappa shape index (κ2) is 10.5. The van der Waals surface area contributed by atoms with E-state index in [4.69, 9.17) is 5.14 Å². The Bertz CT molecular complexity index is 1460. The number of hydrogen-bond donors (Lipinski definition) is 2. The Balaban J connectivity index is 1.77. The lowest BCUT2D eigenvalue weighted by molar-refractivity contribution is 0.0950. The predicted molar refractivity (Wildman–Crippen MR) is 144 cm³/mol. The van der Waals surface area contributed by atoms with E-state index in [1.807, 2.05) is 66.9 Å². The summed E-state index contributed by atoms with van der Waals surface area (Å²) in [6.07, 6.45) is 0. The number of rotatable bonds is 8. The van der Waals surface area contributed by atoms with Crippen molar-refractivity contribution in [2.45, 2.75) is 11.8 Å². The van der Waals surface area contributed by atoms with Crippen LogP contribution in [0.25, 0.3) is 28.1 Å². The molecule has 1 heterocycles. The molecule has 0 radical (unpaired) electrons. The SMILES string of the molecule is Cc1c(C(=O)NCCN(C)C)cc(-c2ccc(-c3ccccc3)cc2)n1-c1ccc(S(N)(=O)=O)cc1. The molecule has 3 N–H and O–H groups in total. The van der Waals surface area contributed by atoms with Crippen LogP contribution in [0.15, 0.2) is 89.8 Å². The van der Waals surface area contributed by atoms with Crippen LogP contribution in [0.2, 0.25) is 0 Å². The third kappa shape index (κ3) is 5.57. The zero-order chi connectivity index (χ0) is 25.9. The van der Waals surface area contributed by atoms with E-state index >= 15 is 0 Å². The minimum absolute atomic E-state index is 0.0338. The minimum Gasteiger partial charge on any atom is -0.351 e. The highest BCUT2D eigenvalue weighted by molar-refractivity contribution is 7.89. The van der Waals surface area contributed by atoms with Gasteiger partial charge in [-0.25, -0.2) is 13.6 Å². The van der Waals surface area contributed by atoms with Crippen LogP contribution in [0.4, 0.5) is 0 Å². The number of carbonyl (C=O) groups excluding carboxylic acids is 1. The minimum atomic E-state index is -3.81. The van der Waals surface area contributed by atoms with Gasteiger partial charge in [0, 0.05) is 24.5 Å². The standard InChI is InChI=1S/C28H30N4O3S/c1-20-26(28(33)30-17-18-31(2)3)19-27(32(20)24-13-15-25(16-14-24)36(29,34)35)23-11-9-22(10-12-23)21-7-5-4-6-8-21/h4-16,19H,17-18H2,1-3H3,(H,30,33)(H2,29,34,35). The van der Waals surface area contributed by atoms with E-state index in [1.54, 1.807) is 12.1 Å². The lowest BCUT2D eigenvalue weighted by Crippen LogP contribution is -2.31.